The molecule has 0 unspecified atom stereocenters. The van der Waals surface area contributed by atoms with Crippen LogP contribution in [-0.4, -0.2) is 29.3 Å². The number of aliphatic carboxylic acids is 1. The molecule has 4 nitrogen and oxygen atoms in total. The van der Waals surface area contributed by atoms with Crippen LogP contribution in [0.3, 0.4) is 0 Å². The van der Waals surface area contributed by atoms with Gasteiger partial charge in [0, 0.05) is 29.6 Å². The number of rotatable bonds is 7. The minimum atomic E-state index is -2.00. The lowest BCUT2D eigenvalue weighted by molar-refractivity contribution is -0.197. The molecular weight excluding hydrogens is 350 g/mol. The summed E-state index contributed by atoms with van der Waals surface area (Å²) >= 11 is 0. The van der Waals surface area contributed by atoms with Crippen LogP contribution in [0, 0.1) is 22.7 Å². The van der Waals surface area contributed by atoms with Gasteiger partial charge in [-0.2, -0.15) is 0 Å². The highest BCUT2D eigenvalue weighted by Crippen LogP contribution is 2.60. The van der Waals surface area contributed by atoms with E-state index >= 15 is 0 Å². The first-order chi connectivity index (χ1) is 13.2. The van der Waals surface area contributed by atoms with Crippen molar-refractivity contribution in [3.63, 3.8) is 0 Å². The quantitative estimate of drug-likeness (QED) is 0.662. The monoisotopic (exact) mass is 385 g/mol. The minimum absolute atomic E-state index is 0.456. The molecule has 28 heavy (non-hydrogen) atoms. The van der Waals surface area contributed by atoms with Crippen molar-refractivity contribution in [2.45, 2.75) is 72.3 Å². The van der Waals surface area contributed by atoms with Gasteiger partial charge in [-0.15, -0.1) is 5.92 Å². The highest BCUT2D eigenvalue weighted by atomic mass is 16.4. The Balaban J connectivity index is 2.74. The maximum absolute atomic E-state index is 12.7. The minimum Gasteiger partial charge on any atom is -0.479 e. The molecule has 1 aromatic rings. The van der Waals surface area contributed by atoms with Gasteiger partial charge in [-0.25, -0.2) is 4.79 Å². The summed E-state index contributed by atoms with van der Waals surface area (Å²) < 4.78 is 0. The lowest BCUT2D eigenvalue weighted by atomic mass is 9.50. The molecule has 0 amide bonds. The molecule has 4 heteroatoms. The maximum atomic E-state index is 12.7. The van der Waals surface area contributed by atoms with Crippen LogP contribution < -0.4 is 4.90 Å². The van der Waals surface area contributed by atoms with Crippen LogP contribution in [0.1, 0.15) is 72.3 Å². The topological polar surface area (TPSA) is 60.8 Å². The molecule has 1 aliphatic rings. The van der Waals surface area contributed by atoms with E-state index in [-0.39, 0.29) is 0 Å². The summed E-state index contributed by atoms with van der Waals surface area (Å²) in [6, 6.07) is 7.44. The largest absolute Gasteiger partial charge is 0.479 e. The third kappa shape index (κ3) is 3.53. The Labute approximate surface area is 170 Å². The van der Waals surface area contributed by atoms with Gasteiger partial charge < -0.3 is 15.1 Å². The number of carboxylic acids is 1. The molecule has 1 saturated carbocycles. The Bertz CT molecular complexity index is 749. The van der Waals surface area contributed by atoms with E-state index in [1.807, 2.05) is 32.0 Å². The number of nitrogens with zero attached hydrogens (tertiary/aromatic N) is 1. The zero-order chi connectivity index (χ0) is 21.0. The van der Waals surface area contributed by atoms with Gasteiger partial charge in [-0.3, -0.25) is 0 Å². The average molecular weight is 386 g/mol. The van der Waals surface area contributed by atoms with Crippen molar-refractivity contribution in [1.29, 1.82) is 0 Å². The van der Waals surface area contributed by atoms with Crippen molar-refractivity contribution in [2.75, 3.05) is 18.0 Å². The fraction of sp³-hybridized carbons (Fsp3) is 0.625. The number of carbonyl (C=O) groups is 1. The molecule has 1 aliphatic carbocycles. The highest BCUT2D eigenvalue weighted by Gasteiger charge is 2.63. The molecule has 1 aromatic carbocycles. The van der Waals surface area contributed by atoms with Crippen molar-refractivity contribution < 1.29 is 15.0 Å². The Kier molecular flexibility index (Phi) is 6.83. The molecule has 1 atom stereocenters. The number of aliphatic hydroxyl groups is 1. The van der Waals surface area contributed by atoms with E-state index in [0.29, 0.717) is 18.4 Å². The Morgan fingerprint density at radius 1 is 1.18 bits per heavy atom. The summed E-state index contributed by atoms with van der Waals surface area (Å²) in [5.41, 5.74) is -2.09. The molecule has 1 fully saturated rings. The summed E-state index contributed by atoms with van der Waals surface area (Å²) in [6.45, 7) is 11.5. The molecule has 0 radical (unpaired) electrons. The summed E-state index contributed by atoms with van der Waals surface area (Å²) in [7, 11) is 0. The molecule has 0 aromatic heterocycles. The van der Waals surface area contributed by atoms with Gasteiger partial charge in [0.15, 0.2) is 5.60 Å². The summed E-state index contributed by atoms with van der Waals surface area (Å²) in [5.74, 6) is 5.03. The van der Waals surface area contributed by atoms with E-state index < -0.39 is 22.4 Å². The number of hydrogen-bond acceptors (Lipinski definition) is 3. The number of hydrogen-bond donors (Lipinski definition) is 2. The first-order valence-electron chi connectivity index (χ1n) is 10.5. The molecule has 0 aliphatic heterocycles. The summed E-state index contributed by atoms with van der Waals surface area (Å²) in [6.07, 6.45) is 4.16. The summed E-state index contributed by atoms with van der Waals surface area (Å²) in [5, 5.41) is 22.3. The van der Waals surface area contributed by atoms with E-state index in [1.54, 1.807) is 13.0 Å². The van der Waals surface area contributed by atoms with Crippen LogP contribution in [0.2, 0.25) is 0 Å². The maximum Gasteiger partial charge on any atom is 0.341 e. The van der Waals surface area contributed by atoms with Gasteiger partial charge in [0.05, 0.1) is 0 Å². The lowest BCUT2D eigenvalue weighted by Gasteiger charge is -2.54. The number of anilines is 1. The Morgan fingerprint density at radius 2 is 1.79 bits per heavy atom. The van der Waals surface area contributed by atoms with Crippen LogP contribution in [0.4, 0.5) is 5.69 Å². The second-order valence-corrected chi connectivity index (χ2v) is 8.38. The number of benzene rings is 1. The molecule has 2 N–H and O–H groups in total. The van der Waals surface area contributed by atoms with Crippen molar-refractivity contribution in [3.05, 3.63) is 29.8 Å². The summed E-state index contributed by atoms with van der Waals surface area (Å²) in [4.78, 5) is 14.8. The third-order valence-corrected chi connectivity index (χ3v) is 6.74. The SMILES string of the molecule is CC#CC(C)(C)C1([C@](O)(C(=O)O)c2cccc(N(CC)CC)c2)CCCCC1. The van der Waals surface area contributed by atoms with Crippen LogP contribution >= 0.6 is 0 Å². The van der Waals surface area contributed by atoms with Crippen molar-refractivity contribution in [1.82, 2.24) is 0 Å². The molecule has 0 heterocycles. The highest BCUT2D eigenvalue weighted by molar-refractivity contribution is 5.81. The molecule has 0 saturated heterocycles. The van der Waals surface area contributed by atoms with Crippen molar-refractivity contribution >= 4 is 11.7 Å². The fourth-order valence-electron chi connectivity index (χ4n) is 5.15. The van der Waals surface area contributed by atoms with Crippen molar-refractivity contribution in [3.8, 4) is 11.8 Å². The standard InChI is InChI=1S/C24H35NO3/c1-6-15-22(4,5)23(16-10-9-11-17-23)24(28,21(26)27)19-13-12-14-20(18-19)25(7-2)8-3/h12-14,18,28H,7-11,16-17H2,1-5H3,(H,26,27)/t24-/m1/s1. The second-order valence-electron chi connectivity index (χ2n) is 8.38. The second kappa shape index (κ2) is 8.57. The number of carboxylic acid groups (broad SMARTS) is 1. The van der Waals surface area contributed by atoms with E-state index in [9.17, 15) is 15.0 Å². The van der Waals surface area contributed by atoms with E-state index in [4.69, 9.17) is 0 Å². The molecule has 154 valence electrons. The molecule has 2 rings (SSSR count). The Hall–Kier alpha value is -1.99. The predicted octanol–water partition coefficient (Wildman–Crippen LogP) is 4.81. The van der Waals surface area contributed by atoms with Gasteiger partial charge in [-0.05, 0) is 65.2 Å². The molecular formula is C24H35NO3. The predicted molar refractivity (Wildman–Crippen MR) is 114 cm³/mol. The fourth-order valence-corrected chi connectivity index (χ4v) is 5.15. The normalized spacial score (nSPS) is 18.5. The lowest BCUT2D eigenvalue weighted by Crippen LogP contribution is -2.59. The first-order valence-corrected chi connectivity index (χ1v) is 10.5. The molecule has 0 bridgehead atoms. The van der Waals surface area contributed by atoms with E-state index in [1.165, 1.54) is 0 Å². The van der Waals surface area contributed by atoms with Gasteiger partial charge in [-0.1, -0.05) is 37.3 Å². The van der Waals surface area contributed by atoms with Crippen LogP contribution in [-0.2, 0) is 10.4 Å². The van der Waals surface area contributed by atoms with Gasteiger partial charge in [0.1, 0.15) is 0 Å². The average Bonchev–Trinajstić information content (AvgIpc) is 2.68. The zero-order valence-corrected chi connectivity index (χ0v) is 18.0. The van der Waals surface area contributed by atoms with Crippen molar-refractivity contribution in [2.24, 2.45) is 10.8 Å². The van der Waals surface area contributed by atoms with E-state index in [0.717, 1.165) is 38.0 Å². The van der Waals surface area contributed by atoms with Gasteiger partial charge in [0.25, 0.3) is 0 Å². The Morgan fingerprint density at radius 3 is 2.29 bits per heavy atom. The van der Waals surface area contributed by atoms with E-state index in [2.05, 4.69) is 30.6 Å². The van der Waals surface area contributed by atoms with Gasteiger partial charge in [0.2, 0.25) is 0 Å². The molecule has 0 spiro atoms. The van der Waals surface area contributed by atoms with Gasteiger partial charge >= 0.3 is 5.97 Å². The first kappa shape index (κ1) is 22.3. The van der Waals surface area contributed by atoms with Crippen LogP contribution in [0.25, 0.3) is 0 Å². The zero-order valence-electron chi connectivity index (χ0n) is 18.0. The smallest absolute Gasteiger partial charge is 0.341 e. The van der Waals surface area contributed by atoms with Crippen LogP contribution in [0.5, 0.6) is 0 Å². The van der Waals surface area contributed by atoms with Crippen LogP contribution in [0.15, 0.2) is 24.3 Å². The third-order valence-electron chi connectivity index (χ3n) is 6.74.